The zero-order valence-corrected chi connectivity index (χ0v) is 16.3. The first-order valence-electron chi connectivity index (χ1n) is 9.03. The summed E-state index contributed by atoms with van der Waals surface area (Å²) < 4.78 is 0. The average Bonchev–Trinajstić information content (AvgIpc) is 3.18. The number of hydrogen-bond donors (Lipinski definition) is 1. The first kappa shape index (κ1) is 19.0. The van der Waals surface area contributed by atoms with Gasteiger partial charge in [0.2, 0.25) is 0 Å². The zero-order chi connectivity index (χ0) is 19.4. The van der Waals surface area contributed by atoms with Crippen molar-refractivity contribution in [3.8, 4) is 6.07 Å². The van der Waals surface area contributed by atoms with Gasteiger partial charge in [-0.3, -0.25) is 4.79 Å². The summed E-state index contributed by atoms with van der Waals surface area (Å²) in [4.78, 5) is 14.9. The van der Waals surface area contributed by atoms with Crippen molar-refractivity contribution in [2.24, 2.45) is 0 Å². The highest BCUT2D eigenvalue weighted by molar-refractivity contribution is 6.31. The first-order chi connectivity index (χ1) is 13.0. The van der Waals surface area contributed by atoms with Crippen molar-refractivity contribution in [1.82, 2.24) is 0 Å². The summed E-state index contributed by atoms with van der Waals surface area (Å²) in [5, 5.41) is 12.8. The average molecular weight is 380 g/mol. The van der Waals surface area contributed by atoms with E-state index in [0.717, 1.165) is 29.8 Å². The number of hydrogen-bond acceptors (Lipinski definition) is 3. The summed E-state index contributed by atoms with van der Waals surface area (Å²) in [6.07, 6.45) is 4.09. The molecule has 0 bridgehead atoms. The Morgan fingerprint density at radius 3 is 2.56 bits per heavy atom. The lowest BCUT2D eigenvalue weighted by Crippen LogP contribution is -2.17. The molecule has 0 aromatic heterocycles. The number of carbonyl (C=O) groups excluding carboxylic acids is 1. The number of nitrogens with one attached hydrogen (secondary N) is 1. The van der Waals surface area contributed by atoms with E-state index >= 15 is 0 Å². The second-order valence-electron chi connectivity index (χ2n) is 6.82. The van der Waals surface area contributed by atoms with E-state index in [4.69, 9.17) is 11.6 Å². The number of halogens is 1. The molecule has 1 saturated heterocycles. The molecule has 27 heavy (non-hydrogen) atoms. The number of nitrogens with zero attached hydrogens (tertiary/aromatic N) is 2. The van der Waals surface area contributed by atoms with Gasteiger partial charge in [0.25, 0.3) is 5.91 Å². The number of nitriles is 1. The number of carbonyl (C=O) groups is 1. The maximum atomic E-state index is 12.5. The summed E-state index contributed by atoms with van der Waals surface area (Å²) in [5.74, 6) is -0.439. The van der Waals surface area contributed by atoms with E-state index in [1.54, 1.807) is 18.2 Å². The quantitative estimate of drug-likeness (QED) is 0.593. The Hall–Kier alpha value is -2.77. The van der Waals surface area contributed by atoms with E-state index in [9.17, 15) is 10.1 Å². The molecule has 2 aromatic carbocycles. The molecule has 4 nitrogen and oxygen atoms in total. The Morgan fingerprint density at radius 1 is 1.15 bits per heavy atom. The maximum Gasteiger partial charge on any atom is 0.266 e. The van der Waals surface area contributed by atoms with E-state index in [1.807, 2.05) is 32.0 Å². The van der Waals surface area contributed by atoms with Crippen molar-refractivity contribution in [3.05, 3.63) is 63.7 Å². The molecular weight excluding hydrogens is 358 g/mol. The van der Waals surface area contributed by atoms with Crippen molar-refractivity contribution in [3.63, 3.8) is 0 Å². The van der Waals surface area contributed by atoms with Crippen LogP contribution in [0.1, 0.15) is 29.5 Å². The van der Waals surface area contributed by atoms with Crippen molar-refractivity contribution < 1.29 is 4.79 Å². The minimum Gasteiger partial charge on any atom is -0.372 e. The van der Waals surface area contributed by atoms with Gasteiger partial charge in [-0.1, -0.05) is 23.7 Å². The minimum atomic E-state index is -0.439. The second kappa shape index (κ2) is 8.28. The lowest BCUT2D eigenvalue weighted by Gasteiger charge is -2.18. The van der Waals surface area contributed by atoms with E-state index in [-0.39, 0.29) is 5.57 Å². The van der Waals surface area contributed by atoms with Gasteiger partial charge in [0.1, 0.15) is 11.6 Å². The number of aryl methyl sites for hydroxylation is 2. The summed E-state index contributed by atoms with van der Waals surface area (Å²) in [7, 11) is 0. The van der Waals surface area contributed by atoms with Crippen LogP contribution < -0.4 is 10.2 Å². The smallest absolute Gasteiger partial charge is 0.266 e. The molecule has 0 radical (unpaired) electrons. The van der Waals surface area contributed by atoms with Crippen LogP contribution in [-0.4, -0.2) is 19.0 Å². The molecule has 0 saturated carbocycles. The molecule has 0 aliphatic carbocycles. The molecular formula is C22H22ClN3O. The van der Waals surface area contributed by atoms with Gasteiger partial charge >= 0.3 is 0 Å². The lowest BCUT2D eigenvalue weighted by atomic mass is 10.0. The third-order valence-electron chi connectivity index (χ3n) is 4.84. The highest BCUT2D eigenvalue weighted by Gasteiger charge is 2.14. The van der Waals surface area contributed by atoms with Crippen LogP contribution >= 0.6 is 11.6 Å². The van der Waals surface area contributed by atoms with Crippen LogP contribution in [0.4, 0.5) is 11.4 Å². The fourth-order valence-electron chi connectivity index (χ4n) is 3.22. The standard InChI is InChI=1S/C22H22ClN3O/c1-15-5-7-19(23)13-21(15)25-22(27)18(14-24)12-17-6-8-20(11-16(17)2)26-9-3-4-10-26/h5-8,11-13H,3-4,9-10H2,1-2H3,(H,25,27)/b18-12-. The fraction of sp³-hybridized carbons (Fsp3) is 0.273. The SMILES string of the molecule is Cc1cc(N2CCCC2)ccc1/C=C(/C#N)C(=O)Nc1cc(Cl)ccc1C. The second-order valence-corrected chi connectivity index (χ2v) is 7.25. The number of amides is 1. The van der Waals surface area contributed by atoms with Crippen molar-refractivity contribution in [2.45, 2.75) is 26.7 Å². The molecule has 0 atom stereocenters. The fourth-order valence-corrected chi connectivity index (χ4v) is 3.39. The third kappa shape index (κ3) is 4.50. The number of rotatable bonds is 4. The third-order valence-corrected chi connectivity index (χ3v) is 5.07. The largest absolute Gasteiger partial charge is 0.372 e. The Labute approximate surface area is 165 Å². The van der Waals surface area contributed by atoms with E-state index in [1.165, 1.54) is 18.5 Å². The molecule has 1 aliphatic heterocycles. The Balaban J connectivity index is 1.82. The van der Waals surface area contributed by atoms with Gasteiger partial charge in [-0.05, 0) is 73.7 Å². The predicted molar refractivity (Wildman–Crippen MR) is 111 cm³/mol. The Morgan fingerprint density at radius 2 is 1.89 bits per heavy atom. The first-order valence-corrected chi connectivity index (χ1v) is 9.40. The zero-order valence-electron chi connectivity index (χ0n) is 15.6. The van der Waals surface area contributed by atoms with Crippen LogP contribution in [0, 0.1) is 25.2 Å². The van der Waals surface area contributed by atoms with Gasteiger partial charge in [-0.25, -0.2) is 0 Å². The minimum absolute atomic E-state index is 0.0615. The summed E-state index contributed by atoms with van der Waals surface area (Å²) in [6.45, 7) is 6.04. The maximum absolute atomic E-state index is 12.5. The number of benzene rings is 2. The highest BCUT2D eigenvalue weighted by Crippen LogP contribution is 2.25. The molecule has 1 N–H and O–H groups in total. The molecule has 1 fully saturated rings. The molecule has 138 valence electrons. The predicted octanol–water partition coefficient (Wildman–Crippen LogP) is 5.10. The number of anilines is 2. The van der Waals surface area contributed by atoms with Crippen molar-refractivity contribution in [2.75, 3.05) is 23.3 Å². The van der Waals surface area contributed by atoms with Gasteiger partial charge in [-0.15, -0.1) is 0 Å². The Kier molecular flexibility index (Phi) is 5.83. The van der Waals surface area contributed by atoms with Gasteiger partial charge in [-0.2, -0.15) is 5.26 Å². The summed E-state index contributed by atoms with van der Waals surface area (Å²) in [5.41, 5.74) is 4.66. The molecule has 0 spiro atoms. The van der Waals surface area contributed by atoms with Gasteiger partial charge in [0.15, 0.2) is 0 Å². The molecule has 1 aliphatic rings. The van der Waals surface area contributed by atoms with Crippen LogP contribution in [0.15, 0.2) is 42.0 Å². The normalized spacial score (nSPS) is 14.1. The van der Waals surface area contributed by atoms with E-state index in [0.29, 0.717) is 10.7 Å². The molecule has 3 rings (SSSR count). The lowest BCUT2D eigenvalue weighted by molar-refractivity contribution is -0.112. The Bertz CT molecular complexity index is 937. The summed E-state index contributed by atoms with van der Waals surface area (Å²) in [6, 6.07) is 13.4. The van der Waals surface area contributed by atoms with Crippen molar-refractivity contribution in [1.29, 1.82) is 5.26 Å². The van der Waals surface area contributed by atoms with Crippen molar-refractivity contribution >= 4 is 35.0 Å². The molecule has 2 aromatic rings. The van der Waals surface area contributed by atoms with E-state index in [2.05, 4.69) is 22.3 Å². The van der Waals surface area contributed by atoms with Crippen LogP contribution in [0.5, 0.6) is 0 Å². The van der Waals surface area contributed by atoms with Crippen LogP contribution in [0.3, 0.4) is 0 Å². The molecule has 0 unspecified atom stereocenters. The van der Waals surface area contributed by atoms with Crippen LogP contribution in [0.25, 0.3) is 6.08 Å². The molecule has 1 amide bonds. The molecule has 1 heterocycles. The monoisotopic (exact) mass is 379 g/mol. The van der Waals surface area contributed by atoms with Crippen LogP contribution in [-0.2, 0) is 4.79 Å². The summed E-state index contributed by atoms with van der Waals surface area (Å²) >= 11 is 6.00. The van der Waals surface area contributed by atoms with E-state index < -0.39 is 5.91 Å². The molecule has 5 heteroatoms. The van der Waals surface area contributed by atoms with Gasteiger partial charge in [0.05, 0.1) is 0 Å². The van der Waals surface area contributed by atoms with Crippen LogP contribution in [0.2, 0.25) is 5.02 Å². The van der Waals surface area contributed by atoms with Gasteiger partial charge in [0, 0.05) is 29.5 Å². The van der Waals surface area contributed by atoms with Gasteiger partial charge < -0.3 is 10.2 Å². The highest BCUT2D eigenvalue weighted by atomic mass is 35.5. The topological polar surface area (TPSA) is 56.1 Å².